The van der Waals surface area contributed by atoms with Gasteiger partial charge in [-0.3, -0.25) is 4.90 Å². The highest BCUT2D eigenvalue weighted by molar-refractivity contribution is 5.54. The van der Waals surface area contributed by atoms with Crippen molar-refractivity contribution in [1.29, 1.82) is 0 Å². The van der Waals surface area contributed by atoms with E-state index in [4.69, 9.17) is 4.52 Å². The summed E-state index contributed by atoms with van der Waals surface area (Å²) in [5.41, 5.74) is 0.404. The van der Waals surface area contributed by atoms with Crippen LogP contribution in [0.3, 0.4) is 0 Å². The van der Waals surface area contributed by atoms with Gasteiger partial charge in [0, 0.05) is 18.7 Å². The zero-order valence-corrected chi connectivity index (χ0v) is 11.5. The quantitative estimate of drug-likeness (QED) is 0.935. The van der Waals surface area contributed by atoms with Crippen LogP contribution in [-0.2, 0) is 6.54 Å². The van der Waals surface area contributed by atoms with Crippen LogP contribution in [0.25, 0.3) is 11.4 Å². The standard InChI is InChI=1S/C14H16F2N4O/c15-11-3-2-10(8-12(11)16)14-18-13(21-19-14)9-20-6-1-4-17-5-7-20/h2-3,8,17H,1,4-7,9H2. The Kier molecular flexibility index (Phi) is 4.21. The Labute approximate surface area is 120 Å². The van der Waals surface area contributed by atoms with Crippen LogP contribution in [0.15, 0.2) is 22.7 Å². The van der Waals surface area contributed by atoms with Crippen LogP contribution in [0.1, 0.15) is 12.3 Å². The molecule has 0 spiro atoms. The average Bonchev–Trinajstić information content (AvgIpc) is 2.78. The molecular formula is C14H16F2N4O. The van der Waals surface area contributed by atoms with Crippen LogP contribution in [0.2, 0.25) is 0 Å². The molecule has 1 aliphatic heterocycles. The second-order valence-electron chi connectivity index (χ2n) is 5.02. The molecule has 5 nitrogen and oxygen atoms in total. The number of benzene rings is 1. The summed E-state index contributed by atoms with van der Waals surface area (Å²) in [6.45, 7) is 4.40. The van der Waals surface area contributed by atoms with Gasteiger partial charge in [-0.1, -0.05) is 5.16 Å². The summed E-state index contributed by atoms with van der Waals surface area (Å²) < 4.78 is 31.3. The monoisotopic (exact) mass is 294 g/mol. The fraction of sp³-hybridized carbons (Fsp3) is 0.429. The number of nitrogens with zero attached hydrogens (tertiary/aromatic N) is 3. The van der Waals surface area contributed by atoms with E-state index in [1.54, 1.807) is 0 Å². The third kappa shape index (κ3) is 3.43. The Morgan fingerprint density at radius 2 is 2.10 bits per heavy atom. The zero-order valence-electron chi connectivity index (χ0n) is 11.5. The zero-order chi connectivity index (χ0) is 14.7. The second-order valence-corrected chi connectivity index (χ2v) is 5.02. The van der Waals surface area contributed by atoms with Crippen LogP contribution in [0.5, 0.6) is 0 Å². The van der Waals surface area contributed by atoms with E-state index < -0.39 is 11.6 Å². The summed E-state index contributed by atoms with van der Waals surface area (Å²) in [6, 6.07) is 3.56. The summed E-state index contributed by atoms with van der Waals surface area (Å²) in [4.78, 5) is 6.47. The van der Waals surface area contributed by atoms with Crippen molar-refractivity contribution >= 4 is 0 Å². The van der Waals surface area contributed by atoms with Gasteiger partial charge in [-0.15, -0.1) is 0 Å². The molecule has 1 aromatic heterocycles. The number of rotatable bonds is 3. The molecule has 1 aromatic carbocycles. The molecular weight excluding hydrogens is 278 g/mol. The molecule has 0 saturated carbocycles. The van der Waals surface area contributed by atoms with Crippen molar-refractivity contribution in [2.24, 2.45) is 0 Å². The normalized spacial score (nSPS) is 16.9. The molecule has 1 saturated heterocycles. The molecule has 1 N–H and O–H groups in total. The summed E-state index contributed by atoms with van der Waals surface area (Å²) >= 11 is 0. The molecule has 0 atom stereocenters. The largest absolute Gasteiger partial charge is 0.338 e. The molecule has 0 unspecified atom stereocenters. The maximum atomic E-state index is 13.2. The lowest BCUT2D eigenvalue weighted by molar-refractivity contribution is 0.239. The minimum Gasteiger partial charge on any atom is -0.338 e. The van der Waals surface area contributed by atoms with Gasteiger partial charge in [0.1, 0.15) is 0 Å². The fourth-order valence-corrected chi connectivity index (χ4v) is 2.32. The van der Waals surface area contributed by atoms with Crippen molar-refractivity contribution in [3.8, 4) is 11.4 Å². The fourth-order valence-electron chi connectivity index (χ4n) is 2.32. The third-order valence-corrected chi connectivity index (χ3v) is 3.44. The maximum absolute atomic E-state index is 13.2. The lowest BCUT2D eigenvalue weighted by atomic mass is 10.2. The second kappa shape index (κ2) is 6.28. The number of aromatic nitrogens is 2. The molecule has 112 valence electrons. The highest BCUT2D eigenvalue weighted by Gasteiger charge is 2.15. The molecule has 1 aliphatic rings. The summed E-state index contributed by atoms with van der Waals surface area (Å²) in [5.74, 6) is -1.05. The average molecular weight is 294 g/mol. The van der Waals surface area contributed by atoms with Crippen LogP contribution < -0.4 is 5.32 Å². The molecule has 2 aromatic rings. The summed E-state index contributed by atoms with van der Waals surface area (Å²) in [5, 5.41) is 7.15. The predicted octanol–water partition coefficient (Wildman–Crippen LogP) is 1.81. The topological polar surface area (TPSA) is 54.2 Å². The van der Waals surface area contributed by atoms with Gasteiger partial charge in [0.15, 0.2) is 11.6 Å². The molecule has 0 aliphatic carbocycles. The summed E-state index contributed by atoms with van der Waals surface area (Å²) in [6.07, 6.45) is 1.07. The van der Waals surface area contributed by atoms with E-state index in [0.717, 1.165) is 44.7 Å². The van der Waals surface area contributed by atoms with Crippen molar-refractivity contribution in [3.63, 3.8) is 0 Å². The van der Waals surface area contributed by atoms with Gasteiger partial charge in [-0.2, -0.15) is 4.98 Å². The first-order valence-electron chi connectivity index (χ1n) is 6.93. The number of hydrogen-bond acceptors (Lipinski definition) is 5. The minimum atomic E-state index is -0.919. The molecule has 0 radical (unpaired) electrons. The van der Waals surface area contributed by atoms with Crippen LogP contribution in [-0.4, -0.2) is 41.2 Å². The van der Waals surface area contributed by atoms with E-state index in [2.05, 4.69) is 20.4 Å². The van der Waals surface area contributed by atoms with E-state index in [1.807, 2.05) is 0 Å². The van der Waals surface area contributed by atoms with Crippen LogP contribution >= 0.6 is 0 Å². The van der Waals surface area contributed by atoms with Gasteiger partial charge < -0.3 is 9.84 Å². The number of halogens is 2. The van der Waals surface area contributed by atoms with Gasteiger partial charge >= 0.3 is 0 Å². The molecule has 7 heteroatoms. The van der Waals surface area contributed by atoms with Gasteiger partial charge in [0.25, 0.3) is 0 Å². The molecule has 1 fully saturated rings. The lowest BCUT2D eigenvalue weighted by Gasteiger charge is -2.16. The van der Waals surface area contributed by atoms with Gasteiger partial charge in [0.2, 0.25) is 11.7 Å². The van der Waals surface area contributed by atoms with Crippen LogP contribution in [0, 0.1) is 11.6 Å². The van der Waals surface area contributed by atoms with Crippen molar-refractivity contribution in [1.82, 2.24) is 20.4 Å². The van der Waals surface area contributed by atoms with E-state index in [-0.39, 0.29) is 5.82 Å². The van der Waals surface area contributed by atoms with Crippen molar-refractivity contribution in [2.45, 2.75) is 13.0 Å². The van der Waals surface area contributed by atoms with E-state index in [1.165, 1.54) is 6.07 Å². The van der Waals surface area contributed by atoms with E-state index >= 15 is 0 Å². The Balaban J connectivity index is 1.71. The highest BCUT2D eigenvalue weighted by atomic mass is 19.2. The lowest BCUT2D eigenvalue weighted by Crippen LogP contribution is -2.27. The first kappa shape index (κ1) is 14.1. The van der Waals surface area contributed by atoms with Crippen molar-refractivity contribution in [2.75, 3.05) is 26.2 Å². The molecule has 0 amide bonds. The first-order valence-corrected chi connectivity index (χ1v) is 6.93. The predicted molar refractivity (Wildman–Crippen MR) is 72.4 cm³/mol. The number of nitrogens with one attached hydrogen (secondary N) is 1. The number of hydrogen-bond donors (Lipinski definition) is 1. The molecule has 0 bridgehead atoms. The summed E-state index contributed by atoms with van der Waals surface area (Å²) in [7, 11) is 0. The van der Waals surface area contributed by atoms with Gasteiger partial charge in [-0.25, -0.2) is 8.78 Å². The molecule has 3 rings (SSSR count). The Hall–Kier alpha value is -1.86. The SMILES string of the molecule is Fc1ccc(-c2noc(CN3CCCNCC3)n2)cc1F. The van der Waals surface area contributed by atoms with Gasteiger partial charge in [-0.05, 0) is 37.7 Å². The Morgan fingerprint density at radius 3 is 2.95 bits per heavy atom. The van der Waals surface area contributed by atoms with E-state index in [0.29, 0.717) is 18.0 Å². The van der Waals surface area contributed by atoms with Crippen LogP contribution in [0.4, 0.5) is 8.78 Å². The molecule has 2 heterocycles. The van der Waals surface area contributed by atoms with E-state index in [9.17, 15) is 8.78 Å². The first-order chi connectivity index (χ1) is 10.2. The van der Waals surface area contributed by atoms with Crippen molar-refractivity contribution in [3.05, 3.63) is 35.7 Å². The third-order valence-electron chi connectivity index (χ3n) is 3.44. The Bertz CT molecular complexity index is 609. The van der Waals surface area contributed by atoms with Crippen molar-refractivity contribution < 1.29 is 13.3 Å². The maximum Gasteiger partial charge on any atom is 0.241 e. The highest BCUT2D eigenvalue weighted by Crippen LogP contribution is 2.19. The smallest absolute Gasteiger partial charge is 0.241 e. The molecule has 21 heavy (non-hydrogen) atoms. The van der Waals surface area contributed by atoms with Gasteiger partial charge in [0.05, 0.1) is 6.54 Å². The Morgan fingerprint density at radius 1 is 1.19 bits per heavy atom. The minimum absolute atomic E-state index is 0.275.